The van der Waals surface area contributed by atoms with Gasteiger partial charge in [0.1, 0.15) is 11.4 Å². The van der Waals surface area contributed by atoms with Crippen molar-refractivity contribution in [2.45, 2.75) is 31.8 Å². The number of benzene rings is 1. The van der Waals surface area contributed by atoms with Gasteiger partial charge in [0, 0.05) is 19.4 Å². The molecule has 0 amide bonds. The van der Waals surface area contributed by atoms with Gasteiger partial charge in [-0.2, -0.15) is 0 Å². The van der Waals surface area contributed by atoms with Crippen molar-refractivity contribution >= 4 is 23.2 Å². The fourth-order valence-electron chi connectivity index (χ4n) is 2.34. The van der Waals surface area contributed by atoms with E-state index in [1.807, 2.05) is 17.8 Å². The van der Waals surface area contributed by atoms with Crippen molar-refractivity contribution in [1.29, 1.82) is 0 Å². The van der Waals surface area contributed by atoms with Crippen LogP contribution in [0.3, 0.4) is 0 Å². The van der Waals surface area contributed by atoms with Crippen molar-refractivity contribution in [2.75, 3.05) is 0 Å². The Morgan fingerprint density at radius 3 is 2.60 bits per heavy atom. The topological polar surface area (TPSA) is 38.1 Å². The molecular formula is C15H18Cl2N2O. The number of unbranched alkanes of at least 4 members (excludes halogenated alkanes) is 1. The monoisotopic (exact) mass is 312 g/mol. The van der Waals surface area contributed by atoms with E-state index in [4.69, 9.17) is 23.2 Å². The zero-order valence-corrected chi connectivity index (χ0v) is 13.1. The zero-order chi connectivity index (χ0) is 14.8. The van der Waals surface area contributed by atoms with Gasteiger partial charge in [-0.25, -0.2) is 4.98 Å². The van der Waals surface area contributed by atoms with Crippen LogP contribution < -0.4 is 0 Å². The van der Waals surface area contributed by atoms with Gasteiger partial charge in [0.05, 0.1) is 10.0 Å². The minimum Gasteiger partial charge on any atom is -0.377 e. The smallest absolute Gasteiger partial charge is 0.147 e. The van der Waals surface area contributed by atoms with Crippen LogP contribution in [0, 0.1) is 0 Å². The summed E-state index contributed by atoms with van der Waals surface area (Å²) in [5.74, 6) is 0.615. The van der Waals surface area contributed by atoms with Crippen LogP contribution in [0.15, 0.2) is 30.6 Å². The quantitative estimate of drug-likeness (QED) is 0.900. The number of rotatable bonds is 5. The molecule has 2 aromatic rings. The van der Waals surface area contributed by atoms with Crippen molar-refractivity contribution in [3.63, 3.8) is 0 Å². The summed E-state index contributed by atoms with van der Waals surface area (Å²) in [4.78, 5) is 4.31. The van der Waals surface area contributed by atoms with Gasteiger partial charge in [-0.3, -0.25) is 0 Å². The first-order valence-corrected chi connectivity index (χ1v) is 7.40. The Bertz CT molecular complexity index is 597. The number of imidazole rings is 1. The fourth-order valence-corrected chi connectivity index (χ4v) is 2.63. The zero-order valence-electron chi connectivity index (χ0n) is 11.6. The second kappa shape index (κ2) is 6.17. The van der Waals surface area contributed by atoms with Crippen LogP contribution in [0.1, 0.15) is 37.6 Å². The van der Waals surface area contributed by atoms with Crippen LogP contribution >= 0.6 is 23.2 Å². The van der Waals surface area contributed by atoms with E-state index in [0.717, 1.165) is 18.4 Å². The highest BCUT2D eigenvalue weighted by Crippen LogP contribution is 2.36. The number of hydrogen-bond donors (Lipinski definition) is 1. The van der Waals surface area contributed by atoms with Crippen molar-refractivity contribution in [2.24, 2.45) is 7.05 Å². The molecule has 0 fully saturated rings. The Hall–Kier alpha value is -1.03. The lowest BCUT2D eigenvalue weighted by molar-refractivity contribution is 0.0563. The van der Waals surface area contributed by atoms with E-state index in [0.29, 0.717) is 22.3 Å². The molecule has 0 saturated heterocycles. The van der Waals surface area contributed by atoms with Gasteiger partial charge in [-0.1, -0.05) is 49.0 Å². The lowest BCUT2D eigenvalue weighted by Gasteiger charge is -2.28. The second-order valence-electron chi connectivity index (χ2n) is 4.95. The number of aliphatic hydroxyl groups is 1. The van der Waals surface area contributed by atoms with E-state index in [9.17, 15) is 5.11 Å². The molecule has 0 spiro atoms. The molecule has 0 bridgehead atoms. The van der Waals surface area contributed by atoms with Crippen molar-refractivity contribution in [3.05, 3.63) is 52.0 Å². The van der Waals surface area contributed by atoms with Crippen LogP contribution in [0.2, 0.25) is 10.0 Å². The molecule has 1 heterocycles. The molecule has 0 aliphatic heterocycles. The highest BCUT2D eigenvalue weighted by atomic mass is 35.5. The molecule has 0 aliphatic carbocycles. The molecular weight excluding hydrogens is 295 g/mol. The molecule has 5 heteroatoms. The maximum atomic E-state index is 11.2. The molecule has 1 N–H and O–H groups in total. The molecule has 20 heavy (non-hydrogen) atoms. The first kappa shape index (κ1) is 15.4. The summed E-state index contributed by atoms with van der Waals surface area (Å²) < 4.78 is 1.83. The lowest BCUT2D eigenvalue weighted by atomic mass is 9.87. The van der Waals surface area contributed by atoms with Crippen molar-refractivity contribution in [3.8, 4) is 0 Å². The number of aromatic nitrogens is 2. The summed E-state index contributed by atoms with van der Waals surface area (Å²) in [6, 6.07) is 5.23. The second-order valence-corrected chi connectivity index (χ2v) is 5.77. The van der Waals surface area contributed by atoms with E-state index in [1.54, 1.807) is 24.4 Å². The minimum atomic E-state index is -1.15. The standard InChI is InChI=1S/C15H18Cl2N2O/c1-3-4-7-15(20,14-18-8-9-19(14)2)11-5-6-12(16)13(17)10-11/h5-6,8-10,20H,3-4,7H2,1-2H3. The van der Waals surface area contributed by atoms with E-state index in [1.165, 1.54) is 0 Å². The summed E-state index contributed by atoms with van der Waals surface area (Å²) in [6.45, 7) is 2.09. The Balaban J connectivity index is 2.51. The summed E-state index contributed by atoms with van der Waals surface area (Å²) in [6.07, 6.45) is 5.98. The first-order chi connectivity index (χ1) is 9.49. The van der Waals surface area contributed by atoms with Crippen molar-refractivity contribution < 1.29 is 5.11 Å². The van der Waals surface area contributed by atoms with Crippen LogP contribution in [0.5, 0.6) is 0 Å². The average molecular weight is 313 g/mol. The Labute approximate surface area is 129 Å². The molecule has 1 unspecified atom stereocenters. The maximum absolute atomic E-state index is 11.2. The fraction of sp³-hybridized carbons (Fsp3) is 0.400. The van der Waals surface area contributed by atoms with Crippen molar-refractivity contribution in [1.82, 2.24) is 9.55 Å². The lowest BCUT2D eigenvalue weighted by Crippen LogP contribution is -2.30. The molecule has 0 radical (unpaired) electrons. The van der Waals surface area contributed by atoms with E-state index >= 15 is 0 Å². The Morgan fingerprint density at radius 2 is 2.05 bits per heavy atom. The highest BCUT2D eigenvalue weighted by molar-refractivity contribution is 6.42. The van der Waals surface area contributed by atoms with Crippen LogP contribution in [-0.2, 0) is 12.6 Å². The summed E-state index contributed by atoms with van der Waals surface area (Å²) in [7, 11) is 1.87. The van der Waals surface area contributed by atoms with Gasteiger partial charge in [-0.15, -0.1) is 0 Å². The van der Waals surface area contributed by atoms with E-state index in [2.05, 4.69) is 11.9 Å². The third-order valence-corrected chi connectivity index (χ3v) is 4.22. The molecule has 0 saturated carbocycles. The molecule has 108 valence electrons. The summed E-state index contributed by atoms with van der Waals surface area (Å²) >= 11 is 12.0. The third-order valence-electron chi connectivity index (χ3n) is 3.48. The highest BCUT2D eigenvalue weighted by Gasteiger charge is 2.35. The van der Waals surface area contributed by atoms with E-state index in [-0.39, 0.29) is 0 Å². The van der Waals surface area contributed by atoms with Gasteiger partial charge in [0.15, 0.2) is 0 Å². The summed E-state index contributed by atoms with van der Waals surface area (Å²) in [5, 5.41) is 12.1. The SMILES string of the molecule is CCCCC(O)(c1ccc(Cl)c(Cl)c1)c1nccn1C. The van der Waals surface area contributed by atoms with Crippen LogP contribution in [0.4, 0.5) is 0 Å². The van der Waals surface area contributed by atoms with Crippen LogP contribution in [0.25, 0.3) is 0 Å². The van der Waals surface area contributed by atoms with Gasteiger partial charge < -0.3 is 9.67 Å². The number of aryl methyl sites for hydroxylation is 1. The molecule has 1 aromatic heterocycles. The number of hydrogen-bond acceptors (Lipinski definition) is 2. The minimum absolute atomic E-state index is 0.438. The first-order valence-electron chi connectivity index (χ1n) is 6.64. The number of halogens is 2. The van der Waals surface area contributed by atoms with Gasteiger partial charge in [0.2, 0.25) is 0 Å². The predicted molar refractivity (Wildman–Crippen MR) is 82.2 cm³/mol. The molecule has 3 nitrogen and oxygen atoms in total. The average Bonchev–Trinajstić information content (AvgIpc) is 2.86. The predicted octanol–water partition coefficient (Wildman–Crippen LogP) is 4.15. The normalized spacial score (nSPS) is 14.2. The molecule has 1 aromatic carbocycles. The Kier molecular flexibility index (Phi) is 4.74. The van der Waals surface area contributed by atoms with Gasteiger partial charge in [0.25, 0.3) is 0 Å². The Morgan fingerprint density at radius 1 is 1.30 bits per heavy atom. The largest absolute Gasteiger partial charge is 0.377 e. The molecule has 1 atom stereocenters. The molecule has 2 rings (SSSR count). The van der Waals surface area contributed by atoms with Crippen LogP contribution in [-0.4, -0.2) is 14.7 Å². The number of nitrogens with zero attached hydrogens (tertiary/aromatic N) is 2. The molecule has 0 aliphatic rings. The van der Waals surface area contributed by atoms with E-state index < -0.39 is 5.60 Å². The third kappa shape index (κ3) is 2.85. The maximum Gasteiger partial charge on any atom is 0.147 e. The van der Waals surface area contributed by atoms with Gasteiger partial charge in [-0.05, 0) is 24.1 Å². The van der Waals surface area contributed by atoms with Gasteiger partial charge >= 0.3 is 0 Å². The summed E-state index contributed by atoms with van der Waals surface area (Å²) in [5.41, 5.74) is -0.433.